The number of rotatable bonds is 2. The summed E-state index contributed by atoms with van der Waals surface area (Å²) >= 11 is 12.1. The molecule has 7 heteroatoms. The van der Waals surface area contributed by atoms with Crippen LogP contribution in [0.5, 0.6) is 0 Å². The lowest BCUT2D eigenvalue weighted by atomic mass is 9.92. The number of carbonyl (C=O) groups is 2. The maximum Gasteiger partial charge on any atom is 0.265 e. The first kappa shape index (κ1) is 19.4. The zero-order valence-corrected chi connectivity index (χ0v) is 17.9. The first-order valence-electron chi connectivity index (χ1n) is 9.79. The van der Waals surface area contributed by atoms with Gasteiger partial charge in [0.25, 0.3) is 11.8 Å². The fraction of sp³-hybridized carbons (Fsp3) is 0.217. The third kappa shape index (κ3) is 2.97. The number of benzene rings is 3. The maximum atomic E-state index is 13.3. The van der Waals surface area contributed by atoms with Crippen LogP contribution in [0.25, 0.3) is 10.8 Å². The molecule has 0 bridgehead atoms. The summed E-state index contributed by atoms with van der Waals surface area (Å²) in [4.78, 5) is 32.5. The molecule has 2 aliphatic rings. The number of hydrogen-bond acceptors (Lipinski definition) is 4. The minimum absolute atomic E-state index is 0.296. The Kier molecular flexibility index (Phi) is 4.69. The van der Waals surface area contributed by atoms with Crippen LogP contribution < -0.4 is 9.80 Å². The largest absolute Gasteiger partial charge is 0.368 e. The molecule has 2 heterocycles. The summed E-state index contributed by atoms with van der Waals surface area (Å²) in [5, 5.41) is 2.33. The molecule has 0 aromatic heterocycles. The van der Waals surface area contributed by atoms with Crippen molar-refractivity contribution >= 4 is 57.2 Å². The van der Waals surface area contributed by atoms with Crippen LogP contribution in [-0.4, -0.2) is 49.9 Å². The predicted molar refractivity (Wildman–Crippen MR) is 121 cm³/mol. The fourth-order valence-corrected chi connectivity index (χ4v) is 4.55. The molecule has 0 radical (unpaired) electrons. The van der Waals surface area contributed by atoms with Crippen molar-refractivity contribution in [1.82, 2.24) is 4.90 Å². The highest BCUT2D eigenvalue weighted by atomic mass is 35.5. The standard InChI is InChI=1S/C23H19Cl2N3O2/c1-26-9-11-27(12-10-26)20-8-6-17-21-15(20)3-2-4-16(21)22(29)28(23(17)30)14-5-7-18(24)19(25)13-14/h2-8,13H,9-12H2,1H3. The summed E-state index contributed by atoms with van der Waals surface area (Å²) in [5.41, 5.74) is 2.51. The van der Waals surface area contributed by atoms with Crippen LogP contribution in [0.4, 0.5) is 11.4 Å². The zero-order chi connectivity index (χ0) is 21.0. The van der Waals surface area contributed by atoms with Crippen molar-refractivity contribution in [2.45, 2.75) is 0 Å². The molecule has 0 spiro atoms. The fourth-order valence-electron chi connectivity index (χ4n) is 4.26. The Morgan fingerprint density at radius 1 is 0.800 bits per heavy atom. The number of imide groups is 1. The van der Waals surface area contributed by atoms with Crippen LogP contribution in [-0.2, 0) is 0 Å². The Morgan fingerprint density at radius 2 is 1.50 bits per heavy atom. The van der Waals surface area contributed by atoms with E-state index >= 15 is 0 Å². The molecule has 2 aliphatic heterocycles. The Balaban J connectivity index is 1.64. The molecule has 5 nitrogen and oxygen atoms in total. The Bertz CT molecular complexity index is 1180. The van der Waals surface area contributed by atoms with Crippen LogP contribution in [0, 0.1) is 0 Å². The van der Waals surface area contributed by atoms with Crippen LogP contribution in [0.3, 0.4) is 0 Å². The second kappa shape index (κ2) is 7.27. The zero-order valence-electron chi connectivity index (χ0n) is 16.4. The normalized spacial score (nSPS) is 17.2. The molecule has 0 saturated carbocycles. The quantitative estimate of drug-likeness (QED) is 0.542. The Labute approximate surface area is 184 Å². The average Bonchev–Trinajstić information content (AvgIpc) is 2.75. The number of piperazine rings is 1. The molecular formula is C23H19Cl2N3O2. The van der Waals surface area contributed by atoms with E-state index < -0.39 is 0 Å². The van der Waals surface area contributed by atoms with E-state index in [0.717, 1.165) is 42.6 Å². The molecule has 0 atom stereocenters. The third-order valence-electron chi connectivity index (χ3n) is 5.89. The minimum atomic E-state index is -0.355. The highest BCUT2D eigenvalue weighted by Crippen LogP contribution is 2.38. The molecule has 0 aliphatic carbocycles. The van der Waals surface area contributed by atoms with Gasteiger partial charge in [0, 0.05) is 53.8 Å². The number of nitrogens with zero attached hydrogens (tertiary/aromatic N) is 3. The van der Waals surface area contributed by atoms with Crippen LogP contribution in [0.1, 0.15) is 20.7 Å². The van der Waals surface area contributed by atoms with E-state index in [-0.39, 0.29) is 11.8 Å². The summed E-state index contributed by atoms with van der Waals surface area (Å²) in [7, 11) is 2.12. The molecule has 1 saturated heterocycles. The van der Waals surface area contributed by atoms with Crippen LogP contribution >= 0.6 is 23.2 Å². The summed E-state index contributed by atoms with van der Waals surface area (Å²) in [6.07, 6.45) is 0. The van der Waals surface area contributed by atoms with Gasteiger partial charge in [0.1, 0.15) is 0 Å². The van der Waals surface area contributed by atoms with E-state index in [1.54, 1.807) is 24.3 Å². The second-order valence-electron chi connectivity index (χ2n) is 7.69. The Hall–Kier alpha value is -2.60. The lowest BCUT2D eigenvalue weighted by Gasteiger charge is -2.35. The van der Waals surface area contributed by atoms with Crippen molar-refractivity contribution in [1.29, 1.82) is 0 Å². The number of carbonyl (C=O) groups excluding carboxylic acids is 2. The van der Waals surface area contributed by atoms with E-state index in [0.29, 0.717) is 26.9 Å². The second-order valence-corrected chi connectivity index (χ2v) is 8.51. The summed E-state index contributed by atoms with van der Waals surface area (Å²) in [5.74, 6) is -0.709. The van der Waals surface area contributed by atoms with Crippen molar-refractivity contribution in [3.63, 3.8) is 0 Å². The van der Waals surface area contributed by atoms with Crippen molar-refractivity contribution in [2.24, 2.45) is 0 Å². The molecule has 2 amide bonds. The van der Waals surface area contributed by atoms with Gasteiger partial charge in [0.2, 0.25) is 0 Å². The summed E-state index contributed by atoms with van der Waals surface area (Å²) < 4.78 is 0. The van der Waals surface area contributed by atoms with Gasteiger partial charge in [-0.05, 0) is 43.4 Å². The SMILES string of the molecule is CN1CCN(c2ccc3c4c(cccc24)C(=O)N(c2ccc(Cl)c(Cl)c2)C3=O)CC1. The average molecular weight is 440 g/mol. The van der Waals surface area contributed by atoms with Gasteiger partial charge in [0.15, 0.2) is 0 Å². The smallest absolute Gasteiger partial charge is 0.265 e. The number of amides is 2. The summed E-state index contributed by atoms with van der Waals surface area (Å²) in [6, 6.07) is 14.2. The number of likely N-dealkylation sites (N-methyl/N-ethyl adjacent to an activating group) is 1. The van der Waals surface area contributed by atoms with E-state index in [2.05, 4.69) is 16.8 Å². The number of halogens is 2. The molecule has 3 aromatic carbocycles. The van der Waals surface area contributed by atoms with Crippen molar-refractivity contribution in [2.75, 3.05) is 43.0 Å². The number of anilines is 2. The maximum absolute atomic E-state index is 13.3. The molecule has 3 aromatic rings. The van der Waals surface area contributed by atoms with E-state index in [4.69, 9.17) is 23.2 Å². The molecule has 152 valence electrons. The highest BCUT2D eigenvalue weighted by molar-refractivity contribution is 6.43. The molecule has 1 fully saturated rings. The lowest BCUT2D eigenvalue weighted by molar-refractivity contribution is 0.0893. The molecule has 0 N–H and O–H groups in total. The number of hydrogen-bond donors (Lipinski definition) is 0. The van der Waals surface area contributed by atoms with Gasteiger partial charge in [-0.2, -0.15) is 0 Å². The lowest BCUT2D eigenvalue weighted by Crippen LogP contribution is -2.45. The monoisotopic (exact) mass is 439 g/mol. The van der Waals surface area contributed by atoms with Crippen molar-refractivity contribution in [3.8, 4) is 0 Å². The van der Waals surface area contributed by atoms with Crippen molar-refractivity contribution < 1.29 is 9.59 Å². The van der Waals surface area contributed by atoms with E-state index in [9.17, 15) is 9.59 Å². The molecule has 0 unspecified atom stereocenters. The Morgan fingerprint density at radius 3 is 2.20 bits per heavy atom. The van der Waals surface area contributed by atoms with Gasteiger partial charge < -0.3 is 9.80 Å². The first-order valence-corrected chi connectivity index (χ1v) is 10.5. The van der Waals surface area contributed by atoms with Gasteiger partial charge in [0.05, 0.1) is 15.7 Å². The van der Waals surface area contributed by atoms with Crippen LogP contribution in [0.15, 0.2) is 48.5 Å². The predicted octanol–water partition coefficient (Wildman–Crippen LogP) is 4.70. The third-order valence-corrected chi connectivity index (χ3v) is 6.63. The topological polar surface area (TPSA) is 43.9 Å². The van der Waals surface area contributed by atoms with E-state index in [1.807, 2.05) is 24.3 Å². The van der Waals surface area contributed by atoms with E-state index in [1.165, 1.54) is 4.90 Å². The van der Waals surface area contributed by atoms with Gasteiger partial charge in [-0.15, -0.1) is 0 Å². The van der Waals surface area contributed by atoms with Crippen molar-refractivity contribution in [3.05, 3.63) is 69.7 Å². The van der Waals surface area contributed by atoms with Gasteiger partial charge in [-0.25, -0.2) is 4.90 Å². The van der Waals surface area contributed by atoms with Gasteiger partial charge in [-0.1, -0.05) is 35.3 Å². The molecular weight excluding hydrogens is 421 g/mol. The van der Waals surface area contributed by atoms with Crippen LogP contribution in [0.2, 0.25) is 10.0 Å². The molecule has 30 heavy (non-hydrogen) atoms. The van der Waals surface area contributed by atoms with Gasteiger partial charge in [-0.3, -0.25) is 9.59 Å². The summed E-state index contributed by atoms with van der Waals surface area (Å²) in [6.45, 7) is 3.77. The first-order chi connectivity index (χ1) is 14.5. The molecule has 5 rings (SSSR count). The van der Waals surface area contributed by atoms with Gasteiger partial charge >= 0.3 is 0 Å². The minimum Gasteiger partial charge on any atom is -0.368 e. The highest BCUT2D eigenvalue weighted by Gasteiger charge is 2.35.